The van der Waals surface area contributed by atoms with Crippen LogP contribution >= 0.6 is 0 Å². The summed E-state index contributed by atoms with van der Waals surface area (Å²) in [6.45, 7) is 2.36. The lowest BCUT2D eigenvalue weighted by Gasteiger charge is -2.12. The van der Waals surface area contributed by atoms with Crippen LogP contribution in [0.25, 0.3) is 5.69 Å². The molecule has 6 heteroatoms. The molecule has 1 aromatic heterocycles. The molecule has 1 aliphatic rings. The van der Waals surface area contributed by atoms with Gasteiger partial charge in [0, 0.05) is 24.5 Å². The van der Waals surface area contributed by atoms with E-state index in [9.17, 15) is 9.59 Å². The summed E-state index contributed by atoms with van der Waals surface area (Å²) in [6, 6.07) is 7.71. The minimum Gasteiger partial charge on any atom is -0.481 e. The van der Waals surface area contributed by atoms with E-state index in [2.05, 4.69) is 10.3 Å². The highest BCUT2D eigenvalue weighted by Crippen LogP contribution is 2.27. The SMILES string of the molecule is Cc1c[nH]c(=O)n1-c1ccc(C2CC(C(=O)O)CN2)cc1. The van der Waals surface area contributed by atoms with Gasteiger partial charge in [-0.05, 0) is 31.0 Å². The molecule has 0 aliphatic carbocycles. The predicted molar refractivity (Wildman–Crippen MR) is 77.6 cm³/mol. The third-order valence-corrected chi connectivity index (χ3v) is 3.99. The van der Waals surface area contributed by atoms with Crippen molar-refractivity contribution in [1.29, 1.82) is 0 Å². The van der Waals surface area contributed by atoms with E-state index in [0.29, 0.717) is 13.0 Å². The number of aryl methyl sites for hydroxylation is 1. The molecule has 1 saturated heterocycles. The van der Waals surface area contributed by atoms with Gasteiger partial charge in [-0.3, -0.25) is 9.36 Å². The highest BCUT2D eigenvalue weighted by atomic mass is 16.4. The Morgan fingerprint density at radius 2 is 2.05 bits per heavy atom. The summed E-state index contributed by atoms with van der Waals surface area (Å²) < 4.78 is 1.60. The van der Waals surface area contributed by atoms with Crippen molar-refractivity contribution in [3.05, 3.63) is 52.2 Å². The first-order valence-corrected chi connectivity index (χ1v) is 6.90. The van der Waals surface area contributed by atoms with Crippen molar-refractivity contribution >= 4 is 5.97 Å². The molecule has 0 spiro atoms. The Morgan fingerprint density at radius 3 is 2.57 bits per heavy atom. The van der Waals surface area contributed by atoms with E-state index >= 15 is 0 Å². The molecular weight excluding hydrogens is 270 g/mol. The number of imidazole rings is 1. The summed E-state index contributed by atoms with van der Waals surface area (Å²) in [5.41, 5.74) is 2.53. The van der Waals surface area contributed by atoms with Crippen LogP contribution in [-0.4, -0.2) is 27.2 Å². The number of aromatic nitrogens is 2. The number of nitrogens with zero attached hydrogens (tertiary/aromatic N) is 1. The molecule has 2 atom stereocenters. The number of benzene rings is 1. The van der Waals surface area contributed by atoms with Crippen molar-refractivity contribution in [1.82, 2.24) is 14.9 Å². The maximum Gasteiger partial charge on any atom is 0.330 e. The fourth-order valence-electron chi connectivity index (χ4n) is 2.81. The minimum atomic E-state index is -0.754. The Kier molecular flexibility index (Phi) is 3.39. The van der Waals surface area contributed by atoms with Gasteiger partial charge in [0.25, 0.3) is 0 Å². The van der Waals surface area contributed by atoms with Crippen LogP contribution in [0.2, 0.25) is 0 Å². The molecule has 1 fully saturated rings. The number of aromatic amines is 1. The maximum atomic E-state index is 11.7. The summed E-state index contributed by atoms with van der Waals surface area (Å²) in [7, 11) is 0. The van der Waals surface area contributed by atoms with E-state index < -0.39 is 5.97 Å². The molecule has 2 aromatic rings. The third-order valence-electron chi connectivity index (χ3n) is 3.99. The van der Waals surface area contributed by atoms with Gasteiger partial charge >= 0.3 is 11.7 Å². The van der Waals surface area contributed by atoms with Crippen molar-refractivity contribution in [3.63, 3.8) is 0 Å². The second-order valence-corrected chi connectivity index (χ2v) is 5.39. The topological polar surface area (TPSA) is 87.1 Å². The molecule has 2 unspecified atom stereocenters. The lowest BCUT2D eigenvalue weighted by atomic mass is 10.00. The van der Waals surface area contributed by atoms with Crippen LogP contribution in [0.3, 0.4) is 0 Å². The molecule has 0 radical (unpaired) electrons. The van der Waals surface area contributed by atoms with Crippen molar-refractivity contribution in [2.45, 2.75) is 19.4 Å². The second-order valence-electron chi connectivity index (χ2n) is 5.39. The number of carboxylic acids is 1. The molecule has 3 N–H and O–H groups in total. The van der Waals surface area contributed by atoms with Gasteiger partial charge in [-0.2, -0.15) is 0 Å². The molecule has 6 nitrogen and oxygen atoms in total. The second kappa shape index (κ2) is 5.21. The van der Waals surface area contributed by atoms with Gasteiger partial charge in [0.2, 0.25) is 0 Å². The lowest BCUT2D eigenvalue weighted by molar-refractivity contribution is -0.141. The van der Waals surface area contributed by atoms with Gasteiger partial charge in [0.05, 0.1) is 11.6 Å². The lowest BCUT2D eigenvalue weighted by Crippen LogP contribution is -2.17. The van der Waals surface area contributed by atoms with Gasteiger partial charge in [-0.15, -0.1) is 0 Å². The van der Waals surface area contributed by atoms with Crippen LogP contribution in [0, 0.1) is 12.8 Å². The van der Waals surface area contributed by atoms with Crippen LogP contribution < -0.4 is 11.0 Å². The van der Waals surface area contributed by atoms with Crippen molar-refractivity contribution in [2.75, 3.05) is 6.54 Å². The first-order valence-electron chi connectivity index (χ1n) is 6.90. The van der Waals surface area contributed by atoms with E-state index in [1.807, 2.05) is 31.2 Å². The van der Waals surface area contributed by atoms with E-state index in [4.69, 9.17) is 5.11 Å². The van der Waals surface area contributed by atoms with E-state index in [1.165, 1.54) is 0 Å². The quantitative estimate of drug-likeness (QED) is 0.792. The molecule has 3 rings (SSSR count). The molecular formula is C15H17N3O3. The molecule has 110 valence electrons. The van der Waals surface area contributed by atoms with Crippen LogP contribution in [0.15, 0.2) is 35.3 Å². The minimum absolute atomic E-state index is 0.0594. The Bertz CT molecular complexity index is 715. The number of carboxylic acid groups (broad SMARTS) is 1. The first kappa shape index (κ1) is 13.6. The highest BCUT2D eigenvalue weighted by molar-refractivity contribution is 5.70. The number of carbonyl (C=O) groups is 1. The largest absolute Gasteiger partial charge is 0.481 e. The molecule has 2 heterocycles. The van der Waals surface area contributed by atoms with E-state index in [0.717, 1.165) is 16.9 Å². The smallest absolute Gasteiger partial charge is 0.330 e. The number of hydrogen-bond acceptors (Lipinski definition) is 3. The molecule has 0 saturated carbocycles. The van der Waals surface area contributed by atoms with Gasteiger partial charge in [0.15, 0.2) is 0 Å². The molecule has 1 aliphatic heterocycles. The number of hydrogen-bond donors (Lipinski definition) is 3. The number of aliphatic carboxylic acids is 1. The predicted octanol–water partition coefficient (Wildman–Crippen LogP) is 1.21. The summed E-state index contributed by atoms with van der Waals surface area (Å²) in [5.74, 6) is -1.08. The number of rotatable bonds is 3. The fraction of sp³-hybridized carbons (Fsp3) is 0.333. The zero-order chi connectivity index (χ0) is 15.0. The number of nitrogens with one attached hydrogen (secondary N) is 2. The van der Waals surface area contributed by atoms with Crippen LogP contribution in [-0.2, 0) is 4.79 Å². The van der Waals surface area contributed by atoms with Crippen LogP contribution in [0.1, 0.15) is 23.7 Å². The Morgan fingerprint density at radius 1 is 1.33 bits per heavy atom. The molecule has 0 amide bonds. The Hall–Kier alpha value is -2.34. The van der Waals surface area contributed by atoms with Gasteiger partial charge in [-0.1, -0.05) is 12.1 Å². The fourth-order valence-corrected chi connectivity index (χ4v) is 2.81. The molecule has 1 aromatic carbocycles. The van der Waals surface area contributed by atoms with Gasteiger partial charge < -0.3 is 15.4 Å². The van der Waals surface area contributed by atoms with Gasteiger partial charge in [-0.25, -0.2) is 4.79 Å². The average Bonchev–Trinajstić information content (AvgIpc) is 3.07. The summed E-state index contributed by atoms with van der Waals surface area (Å²) in [6.07, 6.45) is 2.27. The summed E-state index contributed by atoms with van der Waals surface area (Å²) in [5, 5.41) is 12.3. The molecule has 0 bridgehead atoms. The zero-order valence-corrected chi connectivity index (χ0v) is 11.7. The zero-order valence-electron chi connectivity index (χ0n) is 11.7. The Balaban J connectivity index is 1.82. The first-order chi connectivity index (χ1) is 10.1. The standard InChI is InChI=1S/C15H17N3O3/c1-9-7-17-15(21)18(9)12-4-2-10(3-5-12)13-6-11(8-16-13)14(19)20/h2-5,7,11,13,16H,6,8H2,1H3,(H,17,21)(H,19,20). The average molecular weight is 287 g/mol. The number of H-pyrrole nitrogens is 1. The van der Waals surface area contributed by atoms with Crippen LogP contribution in [0.5, 0.6) is 0 Å². The summed E-state index contributed by atoms with van der Waals surface area (Å²) in [4.78, 5) is 25.4. The summed E-state index contributed by atoms with van der Waals surface area (Å²) >= 11 is 0. The van der Waals surface area contributed by atoms with E-state index in [-0.39, 0.29) is 17.6 Å². The third kappa shape index (κ3) is 2.50. The van der Waals surface area contributed by atoms with Crippen molar-refractivity contribution < 1.29 is 9.90 Å². The van der Waals surface area contributed by atoms with Crippen molar-refractivity contribution in [2.24, 2.45) is 5.92 Å². The molecule has 21 heavy (non-hydrogen) atoms. The monoisotopic (exact) mass is 287 g/mol. The highest BCUT2D eigenvalue weighted by Gasteiger charge is 2.29. The van der Waals surface area contributed by atoms with Gasteiger partial charge in [0.1, 0.15) is 0 Å². The Labute approximate surface area is 121 Å². The van der Waals surface area contributed by atoms with E-state index in [1.54, 1.807) is 10.8 Å². The normalized spacial score (nSPS) is 21.6. The van der Waals surface area contributed by atoms with Crippen molar-refractivity contribution in [3.8, 4) is 5.69 Å². The maximum absolute atomic E-state index is 11.7. The van der Waals surface area contributed by atoms with Crippen LogP contribution in [0.4, 0.5) is 0 Å².